The van der Waals surface area contributed by atoms with Gasteiger partial charge in [-0.1, -0.05) is 54.6 Å². The highest BCUT2D eigenvalue weighted by Gasteiger charge is 2.37. The molecule has 0 bridgehead atoms. The van der Waals surface area contributed by atoms with Gasteiger partial charge in [-0.15, -0.1) is 11.6 Å². The van der Waals surface area contributed by atoms with Crippen LogP contribution in [0.3, 0.4) is 0 Å². The van der Waals surface area contributed by atoms with Gasteiger partial charge in [-0.25, -0.2) is 0 Å². The number of alkyl halides is 1. The molecule has 0 amide bonds. The van der Waals surface area contributed by atoms with Crippen molar-refractivity contribution < 1.29 is 14.2 Å². The van der Waals surface area contributed by atoms with Gasteiger partial charge in [0.25, 0.3) is 0 Å². The number of methoxy groups -OCH3 is 2. The zero-order valence-corrected chi connectivity index (χ0v) is 17.7. The Morgan fingerprint density at radius 3 is 1.59 bits per heavy atom. The third-order valence-electron chi connectivity index (χ3n) is 5.02. The number of ether oxygens (including phenoxy) is 3. The topological polar surface area (TPSA) is 27.7 Å². The third-order valence-corrected chi connectivity index (χ3v) is 5.29. The molecule has 0 aliphatic rings. The average molecular weight is 411 g/mol. The monoisotopic (exact) mass is 410 g/mol. The van der Waals surface area contributed by atoms with Crippen LogP contribution in [0.25, 0.3) is 0 Å². The van der Waals surface area contributed by atoms with Crippen LogP contribution in [-0.2, 0) is 10.3 Å². The molecule has 3 aromatic rings. The summed E-state index contributed by atoms with van der Waals surface area (Å²) in [4.78, 5) is 0. The first kappa shape index (κ1) is 21.2. The molecule has 0 fully saturated rings. The molecule has 29 heavy (non-hydrogen) atoms. The molecule has 0 saturated carbocycles. The zero-order valence-electron chi connectivity index (χ0n) is 16.9. The molecule has 0 unspecified atom stereocenters. The van der Waals surface area contributed by atoms with Gasteiger partial charge in [-0.05, 0) is 53.8 Å². The van der Waals surface area contributed by atoms with E-state index in [9.17, 15) is 0 Å². The van der Waals surface area contributed by atoms with E-state index in [-0.39, 0.29) is 0 Å². The summed E-state index contributed by atoms with van der Waals surface area (Å²) >= 11 is 5.89. The lowest BCUT2D eigenvalue weighted by Crippen LogP contribution is -2.33. The van der Waals surface area contributed by atoms with Crippen molar-refractivity contribution in [2.45, 2.75) is 18.4 Å². The molecule has 0 heterocycles. The Labute approximate surface area is 178 Å². The molecule has 152 valence electrons. The standard InChI is InChI=1S/C25H27ClO3/c1-27-23-14-10-21(11-15-23)25(29-19-7-6-18-26,20-8-4-3-5-9-20)22-12-16-24(28-2)17-13-22/h3-5,8-17H,6-7,18-19H2,1-2H3. The summed E-state index contributed by atoms with van der Waals surface area (Å²) in [5, 5.41) is 0. The fourth-order valence-corrected chi connectivity index (χ4v) is 3.69. The van der Waals surface area contributed by atoms with Crippen LogP contribution >= 0.6 is 11.6 Å². The Bertz CT molecular complexity index is 813. The summed E-state index contributed by atoms with van der Waals surface area (Å²) in [6.07, 6.45) is 1.81. The first-order valence-corrected chi connectivity index (χ1v) is 10.3. The number of halogens is 1. The molecular weight excluding hydrogens is 384 g/mol. The SMILES string of the molecule is COc1ccc(C(OCCCCCl)(c2ccccc2)c2ccc(OC)cc2)cc1. The van der Waals surface area contributed by atoms with E-state index in [1.165, 1.54) is 0 Å². The highest BCUT2D eigenvalue weighted by molar-refractivity contribution is 6.17. The number of hydrogen-bond donors (Lipinski definition) is 0. The van der Waals surface area contributed by atoms with Crippen molar-refractivity contribution in [3.63, 3.8) is 0 Å². The van der Waals surface area contributed by atoms with Crippen molar-refractivity contribution in [1.29, 1.82) is 0 Å². The summed E-state index contributed by atoms with van der Waals surface area (Å²) < 4.78 is 17.4. The number of rotatable bonds is 10. The lowest BCUT2D eigenvalue weighted by molar-refractivity contribution is 0.0113. The Hall–Kier alpha value is -2.49. The van der Waals surface area contributed by atoms with Gasteiger partial charge in [-0.2, -0.15) is 0 Å². The molecule has 0 aliphatic carbocycles. The minimum absolute atomic E-state index is 0.597. The molecule has 0 radical (unpaired) electrons. The minimum atomic E-state index is -0.744. The third kappa shape index (κ3) is 4.75. The van der Waals surface area contributed by atoms with Crippen molar-refractivity contribution in [2.75, 3.05) is 26.7 Å². The van der Waals surface area contributed by atoms with Crippen molar-refractivity contribution in [3.05, 3.63) is 95.6 Å². The van der Waals surface area contributed by atoms with E-state index in [1.807, 2.05) is 42.5 Å². The van der Waals surface area contributed by atoms with E-state index < -0.39 is 5.60 Å². The van der Waals surface area contributed by atoms with Gasteiger partial charge >= 0.3 is 0 Å². The first-order chi connectivity index (χ1) is 14.2. The second kappa shape index (κ2) is 10.3. The Morgan fingerprint density at radius 2 is 1.14 bits per heavy atom. The Kier molecular flexibility index (Phi) is 7.56. The number of hydrogen-bond acceptors (Lipinski definition) is 3. The highest BCUT2D eigenvalue weighted by atomic mass is 35.5. The maximum absolute atomic E-state index is 6.70. The van der Waals surface area contributed by atoms with Gasteiger partial charge < -0.3 is 14.2 Å². The zero-order chi connectivity index (χ0) is 20.5. The quantitative estimate of drug-likeness (QED) is 0.232. The molecule has 0 N–H and O–H groups in total. The lowest BCUT2D eigenvalue weighted by atomic mass is 9.80. The molecular formula is C25H27ClO3. The van der Waals surface area contributed by atoms with Crippen molar-refractivity contribution >= 4 is 11.6 Å². The van der Waals surface area contributed by atoms with Gasteiger partial charge in [0, 0.05) is 12.5 Å². The van der Waals surface area contributed by atoms with Crippen LogP contribution in [0.2, 0.25) is 0 Å². The molecule has 3 aromatic carbocycles. The average Bonchev–Trinajstić information content (AvgIpc) is 2.80. The van der Waals surface area contributed by atoms with E-state index in [4.69, 9.17) is 25.8 Å². The summed E-state index contributed by atoms with van der Waals surface area (Å²) in [7, 11) is 3.34. The second-order valence-electron chi connectivity index (χ2n) is 6.75. The van der Waals surface area contributed by atoms with E-state index >= 15 is 0 Å². The minimum Gasteiger partial charge on any atom is -0.497 e. The highest BCUT2D eigenvalue weighted by Crippen LogP contribution is 2.41. The van der Waals surface area contributed by atoms with Crippen LogP contribution in [0.1, 0.15) is 29.5 Å². The predicted molar refractivity (Wildman–Crippen MR) is 118 cm³/mol. The smallest absolute Gasteiger partial charge is 0.143 e. The van der Waals surface area contributed by atoms with E-state index in [0.29, 0.717) is 12.5 Å². The fraction of sp³-hybridized carbons (Fsp3) is 0.280. The van der Waals surface area contributed by atoms with Crippen molar-refractivity contribution in [3.8, 4) is 11.5 Å². The summed E-state index contributed by atoms with van der Waals surface area (Å²) in [6, 6.07) is 26.5. The Morgan fingerprint density at radius 1 is 0.655 bits per heavy atom. The van der Waals surface area contributed by atoms with Crippen LogP contribution in [0.4, 0.5) is 0 Å². The first-order valence-electron chi connectivity index (χ1n) is 9.79. The van der Waals surface area contributed by atoms with Gasteiger partial charge in [0.2, 0.25) is 0 Å². The van der Waals surface area contributed by atoms with Crippen LogP contribution in [-0.4, -0.2) is 26.7 Å². The van der Waals surface area contributed by atoms with Gasteiger partial charge in [-0.3, -0.25) is 0 Å². The molecule has 0 aromatic heterocycles. The molecule has 3 rings (SSSR count). The molecule has 0 atom stereocenters. The summed E-state index contributed by atoms with van der Waals surface area (Å²) in [5.41, 5.74) is 2.41. The second-order valence-corrected chi connectivity index (χ2v) is 7.13. The Balaban J connectivity index is 2.15. The molecule has 4 heteroatoms. The normalized spacial score (nSPS) is 11.3. The maximum atomic E-state index is 6.70. The molecule has 3 nitrogen and oxygen atoms in total. The van der Waals surface area contributed by atoms with Gasteiger partial charge in [0.15, 0.2) is 0 Å². The van der Waals surface area contributed by atoms with Crippen LogP contribution in [0.15, 0.2) is 78.9 Å². The predicted octanol–water partition coefficient (Wildman–Crippen LogP) is 6.03. The van der Waals surface area contributed by atoms with Crippen LogP contribution in [0, 0.1) is 0 Å². The van der Waals surface area contributed by atoms with E-state index in [2.05, 4.69) is 36.4 Å². The van der Waals surface area contributed by atoms with E-state index in [1.54, 1.807) is 14.2 Å². The van der Waals surface area contributed by atoms with Crippen molar-refractivity contribution in [1.82, 2.24) is 0 Å². The van der Waals surface area contributed by atoms with Crippen LogP contribution in [0.5, 0.6) is 11.5 Å². The molecule has 0 aliphatic heterocycles. The fourth-order valence-electron chi connectivity index (χ4n) is 3.50. The van der Waals surface area contributed by atoms with Gasteiger partial charge in [0.1, 0.15) is 17.1 Å². The largest absolute Gasteiger partial charge is 0.497 e. The summed E-state index contributed by atoms with van der Waals surface area (Å²) in [5.74, 6) is 2.26. The molecule has 0 spiro atoms. The van der Waals surface area contributed by atoms with Crippen molar-refractivity contribution in [2.24, 2.45) is 0 Å². The summed E-state index contributed by atoms with van der Waals surface area (Å²) in [6.45, 7) is 0.597. The van der Waals surface area contributed by atoms with E-state index in [0.717, 1.165) is 41.0 Å². The van der Waals surface area contributed by atoms with Crippen LogP contribution < -0.4 is 9.47 Å². The number of benzene rings is 3. The maximum Gasteiger partial charge on any atom is 0.143 e. The lowest BCUT2D eigenvalue weighted by Gasteiger charge is -2.36. The molecule has 0 saturated heterocycles. The van der Waals surface area contributed by atoms with Gasteiger partial charge in [0.05, 0.1) is 14.2 Å². The number of unbranched alkanes of at least 4 members (excludes halogenated alkanes) is 1.